The van der Waals surface area contributed by atoms with Crippen LogP contribution in [0.2, 0.25) is 0 Å². The molecule has 0 spiro atoms. The molecule has 1 aliphatic heterocycles. The fourth-order valence-corrected chi connectivity index (χ4v) is 2.38. The number of Topliss-reactive ketones (excluding diaryl/α,β-unsaturated/α-hetero) is 1. The number of carbonyl (C=O) groups is 2. The lowest BCUT2D eigenvalue weighted by molar-refractivity contribution is -0.121. The number of para-hydroxylation sites is 2. The first-order valence-electron chi connectivity index (χ1n) is 6.82. The average Bonchev–Trinajstić information content (AvgIpc) is 2.85. The number of rotatable bonds is 4. The summed E-state index contributed by atoms with van der Waals surface area (Å²) in [5, 5.41) is 0. The Bertz CT molecular complexity index is 667. The summed E-state index contributed by atoms with van der Waals surface area (Å²) in [4.78, 5) is 24.8. The standard InChI is InChI=1S/C17H15NO3/c19-14-10-17(20)18(11-14)16-9-5-4-6-13(16)12-21-15-7-2-1-3-8-15/h1-9H,10-12H2. The number of amides is 1. The van der Waals surface area contributed by atoms with Gasteiger partial charge in [0.05, 0.1) is 18.7 Å². The van der Waals surface area contributed by atoms with Crippen LogP contribution >= 0.6 is 0 Å². The van der Waals surface area contributed by atoms with Crippen molar-refractivity contribution in [3.05, 3.63) is 60.2 Å². The number of hydrogen-bond donors (Lipinski definition) is 0. The molecule has 4 nitrogen and oxygen atoms in total. The van der Waals surface area contributed by atoms with Gasteiger partial charge in [-0.1, -0.05) is 36.4 Å². The van der Waals surface area contributed by atoms with Gasteiger partial charge in [-0.25, -0.2) is 0 Å². The molecular weight excluding hydrogens is 266 g/mol. The van der Waals surface area contributed by atoms with Gasteiger partial charge in [-0.15, -0.1) is 0 Å². The van der Waals surface area contributed by atoms with Crippen molar-refractivity contribution in [2.75, 3.05) is 11.4 Å². The maximum absolute atomic E-state index is 11.9. The number of benzene rings is 2. The molecule has 0 bridgehead atoms. The molecule has 0 unspecified atom stereocenters. The number of ketones is 1. The smallest absolute Gasteiger partial charge is 0.234 e. The minimum atomic E-state index is -0.146. The molecule has 2 aromatic carbocycles. The van der Waals surface area contributed by atoms with Crippen molar-refractivity contribution in [2.45, 2.75) is 13.0 Å². The van der Waals surface area contributed by atoms with Crippen LogP contribution in [0.1, 0.15) is 12.0 Å². The van der Waals surface area contributed by atoms with Gasteiger partial charge >= 0.3 is 0 Å². The van der Waals surface area contributed by atoms with Crippen LogP contribution in [0.5, 0.6) is 5.75 Å². The summed E-state index contributed by atoms with van der Waals surface area (Å²) in [6.07, 6.45) is -0.00607. The van der Waals surface area contributed by atoms with Gasteiger partial charge in [0.1, 0.15) is 12.4 Å². The molecule has 21 heavy (non-hydrogen) atoms. The van der Waals surface area contributed by atoms with Crippen molar-refractivity contribution >= 4 is 17.4 Å². The number of carbonyl (C=O) groups excluding carboxylic acids is 2. The first-order valence-corrected chi connectivity index (χ1v) is 6.82. The molecule has 3 rings (SSSR count). The lowest BCUT2D eigenvalue weighted by atomic mass is 10.1. The molecule has 106 valence electrons. The molecule has 0 N–H and O–H groups in total. The van der Waals surface area contributed by atoms with E-state index < -0.39 is 0 Å². The van der Waals surface area contributed by atoms with E-state index in [2.05, 4.69) is 0 Å². The predicted octanol–water partition coefficient (Wildman–Crippen LogP) is 2.57. The monoisotopic (exact) mass is 281 g/mol. The van der Waals surface area contributed by atoms with Crippen LogP contribution in [-0.2, 0) is 16.2 Å². The minimum Gasteiger partial charge on any atom is -0.489 e. The van der Waals surface area contributed by atoms with E-state index in [-0.39, 0.29) is 24.7 Å². The SMILES string of the molecule is O=C1CC(=O)N(c2ccccc2COc2ccccc2)C1. The molecule has 0 radical (unpaired) electrons. The first-order chi connectivity index (χ1) is 10.2. The normalized spacial score (nSPS) is 14.6. The highest BCUT2D eigenvalue weighted by Gasteiger charge is 2.29. The van der Waals surface area contributed by atoms with Gasteiger partial charge in [-0.05, 0) is 18.2 Å². The summed E-state index contributed by atoms with van der Waals surface area (Å²) in [6, 6.07) is 17.0. The summed E-state index contributed by atoms with van der Waals surface area (Å²) in [7, 11) is 0. The van der Waals surface area contributed by atoms with Crippen LogP contribution in [0, 0.1) is 0 Å². The summed E-state index contributed by atoms with van der Waals surface area (Å²) in [5.41, 5.74) is 1.65. The second-order valence-electron chi connectivity index (χ2n) is 4.93. The van der Waals surface area contributed by atoms with Crippen molar-refractivity contribution < 1.29 is 14.3 Å². The zero-order valence-electron chi connectivity index (χ0n) is 11.5. The second kappa shape index (κ2) is 5.79. The predicted molar refractivity (Wildman–Crippen MR) is 79.2 cm³/mol. The highest BCUT2D eigenvalue weighted by atomic mass is 16.5. The van der Waals surface area contributed by atoms with Crippen LogP contribution < -0.4 is 9.64 Å². The Morgan fingerprint density at radius 2 is 1.67 bits per heavy atom. The Labute approximate surface area is 123 Å². The molecule has 2 aromatic rings. The Morgan fingerprint density at radius 1 is 0.952 bits per heavy atom. The number of nitrogens with zero attached hydrogens (tertiary/aromatic N) is 1. The van der Waals surface area contributed by atoms with Crippen molar-refractivity contribution in [3.8, 4) is 5.75 Å². The van der Waals surface area contributed by atoms with Crippen LogP contribution in [0.4, 0.5) is 5.69 Å². The van der Waals surface area contributed by atoms with Gasteiger partial charge in [0, 0.05) is 5.56 Å². The van der Waals surface area contributed by atoms with Crippen LogP contribution in [0.15, 0.2) is 54.6 Å². The second-order valence-corrected chi connectivity index (χ2v) is 4.93. The Kier molecular flexibility index (Phi) is 3.69. The van der Waals surface area contributed by atoms with Gasteiger partial charge in [0.15, 0.2) is 5.78 Å². The van der Waals surface area contributed by atoms with Crippen LogP contribution in [-0.4, -0.2) is 18.2 Å². The van der Waals surface area contributed by atoms with E-state index in [1.807, 2.05) is 54.6 Å². The zero-order chi connectivity index (χ0) is 14.7. The summed E-state index contributed by atoms with van der Waals surface area (Å²) in [6.45, 7) is 0.513. The van der Waals surface area contributed by atoms with Gasteiger partial charge in [-0.2, -0.15) is 0 Å². The minimum absolute atomic E-state index is 0.00607. The molecular formula is C17H15NO3. The van der Waals surface area contributed by atoms with Crippen LogP contribution in [0.25, 0.3) is 0 Å². The lowest BCUT2D eigenvalue weighted by Crippen LogP contribution is -2.25. The van der Waals surface area contributed by atoms with Crippen LogP contribution in [0.3, 0.4) is 0 Å². The van der Waals surface area contributed by atoms with Crippen molar-refractivity contribution in [1.29, 1.82) is 0 Å². The van der Waals surface area contributed by atoms with Crippen molar-refractivity contribution in [3.63, 3.8) is 0 Å². The van der Waals surface area contributed by atoms with E-state index in [0.717, 1.165) is 17.0 Å². The highest BCUT2D eigenvalue weighted by molar-refractivity contribution is 6.15. The molecule has 0 atom stereocenters. The molecule has 1 saturated heterocycles. The summed E-state index contributed by atoms with van der Waals surface area (Å²) >= 11 is 0. The molecule has 1 amide bonds. The molecule has 1 heterocycles. The maximum atomic E-state index is 11.9. The third kappa shape index (κ3) is 2.94. The molecule has 0 aromatic heterocycles. The van der Waals surface area contributed by atoms with Crippen molar-refractivity contribution in [1.82, 2.24) is 0 Å². The van der Waals surface area contributed by atoms with E-state index in [1.165, 1.54) is 4.90 Å². The largest absolute Gasteiger partial charge is 0.489 e. The van der Waals surface area contributed by atoms with E-state index in [0.29, 0.717) is 6.61 Å². The third-order valence-electron chi connectivity index (χ3n) is 3.40. The molecule has 0 aliphatic carbocycles. The summed E-state index contributed by atoms with van der Waals surface area (Å²) < 4.78 is 5.73. The number of anilines is 1. The van der Waals surface area contributed by atoms with E-state index in [1.54, 1.807) is 0 Å². The number of hydrogen-bond acceptors (Lipinski definition) is 3. The Hall–Kier alpha value is -2.62. The Morgan fingerprint density at radius 3 is 2.38 bits per heavy atom. The molecule has 4 heteroatoms. The third-order valence-corrected chi connectivity index (χ3v) is 3.40. The lowest BCUT2D eigenvalue weighted by Gasteiger charge is -2.19. The van der Waals surface area contributed by atoms with Crippen molar-refractivity contribution in [2.24, 2.45) is 0 Å². The maximum Gasteiger partial charge on any atom is 0.234 e. The Balaban J connectivity index is 1.80. The van der Waals surface area contributed by atoms with E-state index >= 15 is 0 Å². The van der Waals surface area contributed by atoms with E-state index in [4.69, 9.17) is 4.74 Å². The van der Waals surface area contributed by atoms with Gasteiger partial charge < -0.3 is 9.64 Å². The van der Waals surface area contributed by atoms with Gasteiger partial charge in [0.25, 0.3) is 0 Å². The fourth-order valence-electron chi connectivity index (χ4n) is 2.38. The quantitative estimate of drug-likeness (QED) is 0.809. The molecule has 1 aliphatic rings. The van der Waals surface area contributed by atoms with Gasteiger partial charge in [0.2, 0.25) is 5.91 Å². The highest BCUT2D eigenvalue weighted by Crippen LogP contribution is 2.25. The summed E-state index contributed by atoms with van der Waals surface area (Å²) in [5.74, 6) is 0.585. The molecule has 1 fully saturated rings. The number of ether oxygens (including phenoxy) is 1. The molecule has 0 saturated carbocycles. The zero-order valence-corrected chi connectivity index (χ0v) is 11.5. The average molecular weight is 281 g/mol. The first kappa shape index (κ1) is 13.4. The fraction of sp³-hybridized carbons (Fsp3) is 0.176. The topological polar surface area (TPSA) is 46.6 Å². The van der Waals surface area contributed by atoms with Gasteiger partial charge in [-0.3, -0.25) is 9.59 Å². The van der Waals surface area contributed by atoms with E-state index in [9.17, 15) is 9.59 Å².